The van der Waals surface area contributed by atoms with Crippen molar-refractivity contribution in [3.63, 3.8) is 0 Å². The van der Waals surface area contributed by atoms with Gasteiger partial charge in [0.2, 0.25) is 5.91 Å². The Balaban J connectivity index is 2.24. The molecule has 1 aliphatic rings. The summed E-state index contributed by atoms with van der Waals surface area (Å²) in [6.07, 6.45) is 2.12. The number of hydrogen-bond donors (Lipinski definition) is 2. The summed E-state index contributed by atoms with van der Waals surface area (Å²) in [6, 6.07) is 0.841. The number of nitrogens with one attached hydrogen (secondary N) is 2. The van der Waals surface area contributed by atoms with Crippen molar-refractivity contribution >= 4 is 5.91 Å². The zero-order valence-electron chi connectivity index (χ0n) is 11.6. The molecule has 2 N–H and O–H groups in total. The zero-order valence-corrected chi connectivity index (χ0v) is 11.6. The smallest absolute Gasteiger partial charge is 0.224 e. The van der Waals surface area contributed by atoms with Gasteiger partial charge in [0.15, 0.2) is 0 Å². The molecule has 0 radical (unpaired) electrons. The van der Waals surface area contributed by atoms with Crippen LogP contribution in [-0.4, -0.2) is 49.6 Å². The second-order valence-electron chi connectivity index (χ2n) is 5.36. The molecule has 0 aromatic carbocycles. The van der Waals surface area contributed by atoms with Crippen LogP contribution in [0, 0.1) is 5.92 Å². The van der Waals surface area contributed by atoms with Gasteiger partial charge in [-0.25, -0.2) is 0 Å². The first-order valence-corrected chi connectivity index (χ1v) is 6.73. The van der Waals surface area contributed by atoms with E-state index in [2.05, 4.69) is 43.4 Å². The molecule has 17 heavy (non-hydrogen) atoms. The number of piperidine rings is 1. The van der Waals surface area contributed by atoms with E-state index in [9.17, 15) is 4.79 Å². The van der Waals surface area contributed by atoms with Crippen molar-refractivity contribution in [2.24, 2.45) is 5.92 Å². The average molecular weight is 241 g/mol. The molecule has 1 saturated heterocycles. The quantitative estimate of drug-likeness (QED) is 0.749. The third kappa shape index (κ3) is 4.64. The van der Waals surface area contributed by atoms with E-state index in [1.807, 2.05) is 0 Å². The van der Waals surface area contributed by atoms with Gasteiger partial charge in [-0.3, -0.25) is 4.79 Å². The highest BCUT2D eigenvalue weighted by atomic mass is 16.1. The summed E-state index contributed by atoms with van der Waals surface area (Å²) in [4.78, 5) is 14.2. The first-order valence-electron chi connectivity index (χ1n) is 6.73. The van der Waals surface area contributed by atoms with E-state index in [0.29, 0.717) is 12.1 Å². The largest absolute Gasteiger partial charge is 0.355 e. The lowest BCUT2D eigenvalue weighted by Crippen LogP contribution is -2.48. The number of rotatable bonds is 5. The van der Waals surface area contributed by atoms with Gasteiger partial charge in [0.25, 0.3) is 0 Å². The van der Waals surface area contributed by atoms with Gasteiger partial charge in [-0.05, 0) is 47.2 Å². The SMILES string of the molecule is CC1NCCCC1C(=O)NCCN(C)C(C)C. The standard InChI is InChI=1S/C13H27N3O/c1-10(2)16(4)9-8-15-13(17)12-6-5-7-14-11(12)3/h10-12,14H,5-9H2,1-4H3,(H,15,17). The molecule has 0 bridgehead atoms. The van der Waals surface area contributed by atoms with Crippen molar-refractivity contribution in [2.45, 2.75) is 45.7 Å². The summed E-state index contributed by atoms with van der Waals surface area (Å²) in [5.41, 5.74) is 0. The minimum Gasteiger partial charge on any atom is -0.355 e. The minimum absolute atomic E-state index is 0.146. The highest BCUT2D eigenvalue weighted by molar-refractivity contribution is 5.79. The maximum atomic E-state index is 12.0. The molecule has 2 atom stereocenters. The molecule has 1 heterocycles. The summed E-state index contributed by atoms with van der Waals surface area (Å²) in [7, 11) is 2.08. The highest BCUT2D eigenvalue weighted by Gasteiger charge is 2.26. The van der Waals surface area contributed by atoms with E-state index in [-0.39, 0.29) is 11.8 Å². The summed E-state index contributed by atoms with van der Waals surface area (Å²) in [6.45, 7) is 9.13. The van der Waals surface area contributed by atoms with Gasteiger partial charge in [-0.1, -0.05) is 0 Å². The van der Waals surface area contributed by atoms with Crippen molar-refractivity contribution in [2.75, 3.05) is 26.7 Å². The minimum atomic E-state index is 0.146. The second kappa shape index (κ2) is 6.97. The summed E-state index contributed by atoms with van der Waals surface area (Å²) in [5.74, 6) is 0.356. The third-order valence-corrected chi connectivity index (χ3v) is 3.74. The van der Waals surface area contributed by atoms with Crippen LogP contribution < -0.4 is 10.6 Å². The molecule has 1 aliphatic heterocycles. The Kier molecular flexibility index (Phi) is 5.92. The molecule has 0 aromatic heterocycles. The summed E-state index contributed by atoms with van der Waals surface area (Å²) < 4.78 is 0. The maximum Gasteiger partial charge on any atom is 0.224 e. The van der Waals surface area contributed by atoms with Crippen LogP contribution in [0.5, 0.6) is 0 Å². The van der Waals surface area contributed by atoms with Gasteiger partial charge in [-0.2, -0.15) is 0 Å². The van der Waals surface area contributed by atoms with Gasteiger partial charge < -0.3 is 15.5 Å². The van der Waals surface area contributed by atoms with Crippen molar-refractivity contribution in [1.29, 1.82) is 0 Å². The van der Waals surface area contributed by atoms with Crippen molar-refractivity contribution in [1.82, 2.24) is 15.5 Å². The number of carbonyl (C=O) groups excluding carboxylic acids is 1. The van der Waals surface area contributed by atoms with E-state index in [1.165, 1.54) is 0 Å². The van der Waals surface area contributed by atoms with E-state index in [1.54, 1.807) is 0 Å². The van der Waals surface area contributed by atoms with Crippen LogP contribution >= 0.6 is 0 Å². The highest BCUT2D eigenvalue weighted by Crippen LogP contribution is 2.15. The predicted octanol–water partition coefficient (Wildman–Crippen LogP) is 0.831. The Morgan fingerprint density at radius 3 is 2.82 bits per heavy atom. The fourth-order valence-corrected chi connectivity index (χ4v) is 2.15. The number of nitrogens with zero attached hydrogens (tertiary/aromatic N) is 1. The van der Waals surface area contributed by atoms with Crippen LogP contribution in [0.25, 0.3) is 0 Å². The zero-order chi connectivity index (χ0) is 12.8. The first-order chi connectivity index (χ1) is 8.02. The molecular formula is C13H27N3O. The van der Waals surface area contributed by atoms with Gasteiger partial charge in [0, 0.05) is 25.2 Å². The van der Waals surface area contributed by atoms with Crippen LogP contribution in [0.1, 0.15) is 33.6 Å². The van der Waals surface area contributed by atoms with Gasteiger partial charge in [-0.15, -0.1) is 0 Å². The fourth-order valence-electron chi connectivity index (χ4n) is 2.15. The molecule has 0 aromatic rings. The van der Waals surface area contributed by atoms with Gasteiger partial charge in [0.1, 0.15) is 0 Å². The van der Waals surface area contributed by atoms with Crippen molar-refractivity contribution in [3.05, 3.63) is 0 Å². The van der Waals surface area contributed by atoms with E-state index < -0.39 is 0 Å². The number of amides is 1. The molecule has 0 spiro atoms. The normalized spacial score (nSPS) is 25.3. The van der Waals surface area contributed by atoms with E-state index >= 15 is 0 Å². The van der Waals surface area contributed by atoms with E-state index in [0.717, 1.165) is 32.5 Å². The molecular weight excluding hydrogens is 214 g/mol. The third-order valence-electron chi connectivity index (χ3n) is 3.74. The second-order valence-corrected chi connectivity index (χ2v) is 5.36. The van der Waals surface area contributed by atoms with Gasteiger partial charge >= 0.3 is 0 Å². The lowest BCUT2D eigenvalue weighted by molar-refractivity contribution is -0.126. The molecule has 1 fully saturated rings. The molecule has 100 valence electrons. The topological polar surface area (TPSA) is 44.4 Å². The predicted molar refractivity (Wildman–Crippen MR) is 71.0 cm³/mol. The molecule has 0 aliphatic carbocycles. The Morgan fingerprint density at radius 2 is 2.24 bits per heavy atom. The monoisotopic (exact) mass is 241 g/mol. The molecule has 0 saturated carbocycles. The Hall–Kier alpha value is -0.610. The lowest BCUT2D eigenvalue weighted by atomic mass is 9.91. The Labute approximate surface area is 105 Å². The Bertz CT molecular complexity index is 243. The Morgan fingerprint density at radius 1 is 1.53 bits per heavy atom. The van der Waals surface area contributed by atoms with Crippen LogP contribution in [0.3, 0.4) is 0 Å². The van der Waals surface area contributed by atoms with Crippen LogP contribution in [-0.2, 0) is 4.79 Å². The summed E-state index contributed by atoms with van der Waals surface area (Å²) >= 11 is 0. The molecule has 4 heteroatoms. The van der Waals surface area contributed by atoms with Crippen molar-refractivity contribution in [3.8, 4) is 0 Å². The molecule has 4 nitrogen and oxygen atoms in total. The first kappa shape index (κ1) is 14.5. The lowest BCUT2D eigenvalue weighted by Gasteiger charge is -2.29. The molecule has 2 unspecified atom stereocenters. The van der Waals surface area contributed by atoms with Crippen LogP contribution in [0.15, 0.2) is 0 Å². The fraction of sp³-hybridized carbons (Fsp3) is 0.923. The molecule has 1 rings (SSSR count). The number of hydrogen-bond acceptors (Lipinski definition) is 3. The summed E-state index contributed by atoms with van der Waals surface area (Å²) in [5, 5.41) is 6.41. The molecule has 1 amide bonds. The van der Waals surface area contributed by atoms with Gasteiger partial charge in [0.05, 0.1) is 5.92 Å². The average Bonchev–Trinajstić information content (AvgIpc) is 2.29. The van der Waals surface area contributed by atoms with E-state index in [4.69, 9.17) is 0 Å². The van der Waals surface area contributed by atoms with Crippen molar-refractivity contribution < 1.29 is 4.79 Å². The van der Waals surface area contributed by atoms with Crippen LogP contribution in [0.4, 0.5) is 0 Å². The maximum absolute atomic E-state index is 12.0. The van der Waals surface area contributed by atoms with Crippen LogP contribution in [0.2, 0.25) is 0 Å². The number of carbonyl (C=O) groups is 1. The number of likely N-dealkylation sites (N-methyl/N-ethyl adjacent to an activating group) is 1.